The highest BCUT2D eigenvalue weighted by Crippen LogP contribution is 2.30. The van der Waals surface area contributed by atoms with Crippen LogP contribution in [-0.2, 0) is 13.0 Å². The summed E-state index contributed by atoms with van der Waals surface area (Å²) < 4.78 is 5.31. The molecule has 0 bridgehead atoms. The maximum Gasteiger partial charge on any atom is 0.267 e. The summed E-state index contributed by atoms with van der Waals surface area (Å²) in [4.78, 5) is 33.1. The fraction of sp³-hybridized carbons (Fsp3) is 0.211. The number of amides is 2. The first kappa shape index (κ1) is 17.7. The molecule has 27 heavy (non-hydrogen) atoms. The predicted octanol–water partition coefficient (Wildman–Crippen LogP) is 3.66. The van der Waals surface area contributed by atoms with Crippen LogP contribution < -0.4 is 10.1 Å². The minimum atomic E-state index is -0.155. The molecular weight excluding hydrogens is 382 g/mol. The van der Waals surface area contributed by atoms with E-state index < -0.39 is 0 Å². The number of methoxy groups -OCH3 is 1. The normalized spacial score (nSPS) is 13.1. The number of carbonyl (C=O) groups is 2. The van der Waals surface area contributed by atoms with Gasteiger partial charge in [-0.25, -0.2) is 4.98 Å². The lowest BCUT2D eigenvalue weighted by Gasteiger charge is -2.26. The van der Waals surface area contributed by atoms with Gasteiger partial charge in [0.2, 0.25) is 0 Å². The Morgan fingerprint density at radius 2 is 2.07 bits per heavy atom. The maximum atomic E-state index is 12.9. The average molecular weight is 399 g/mol. The molecule has 0 saturated carbocycles. The van der Waals surface area contributed by atoms with Crippen LogP contribution in [0.3, 0.4) is 0 Å². The van der Waals surface area contributed by atoms with Crippen LogP contribution in [0.1, 0.15) is 30.6 Å². The first-order valence-electron chi connectivity index (χ1n) is 8.41. The van der Waals surface area contributed by atoms with Crippen LogP contribution in [0.2, 0.25) is 0 Å². The molecule has 0 unspecified atom stereocenters. The molecule has 0 saturated heterocycles. The Balaban J connectivity index is 1.49. The number of hydrogen-bond acceptors (Lipinski definition) is 6. The maximum absolute atomic E-state index is 12.9. The molecule has 2 aromatic heterocycles. The monoisotopic (exact) mass is 399 g/mol. The van der Waals surface area contributed by atoms with Crippen molar-refractivity contribution >= 4 is 39.6 Å². The summed E-state index contributed by atoms with van der Waals surface area (Å²) in [5, 5.41) is 5.29. The molecule has 0 fully saturated rings. The second kappa shape index (κ2) is 7.50. The zero-order chi connectivity index (χ0) is 18.8. The van der Waals surface area contributed by atoms with Crippen LogP contribution in [0.5, 0.6) is 5.75 Å². The van der Waals surface area contributed by atoms with Gasteiger partial charge in [-0.1, -0.05) is 29.5 Å². The molecule has 2 amide bonds. The van der Waals surface area contributed by atoms with E-state index >= 15 is 0 Å². The van der Waals surface area contributed by atoms with Crippen molar-refractivity contribution in [1.82, 2.24) is 9.88 Å². The summed E-state index contributed by atoms with van der Waals surface area (Å²) in [6, 6.07) is 10.9. The zero-order valence-electron chi connectivity index (χ0n) is 14.6. The number of thiazole rings is 1. The Morgan fingerprint density at radius 1 is 1.22 bits per heavy atom. The van der Waals surface area contributed by atoms with Crippen molar-refractivity contribution in [2.45, 2.75) is 13.0 Å². The number of nitrogens with one attached hydrogen (secondary N) is 1. The number of anilines is 1. The number of ether oxygens (including phenoxy) is 1. The van der Waals surface area contributed by atoms with E-state index in [0.717, 1.165) is 10.6 Å². The molecule has 6 nitrogen and oxygen atoms in total. The van der Waals surface area contributed by atoms with Crippen molar-refractivity contribution in [3.63, 3.8) is 0 Å². The van der Waals surface area contributed by atoms with Gasteiger partial charge in [0, 0.05) is 17.8 Å². The molecule has 138 valence electrons. The fourth-order valence-corrected chi connectivity index (χ4v) is 4.62. The minimum Gasteiger partial charge on any atom is -0.496 e. The number of hydrogen-bond donors (Lipinski definition) is 1. The number of aromatic nitrogens is 1. The summed E-state index contributed by atoms with van der Waals surface area (Å²) in [6.07, 6.45) is 0.668. The SMILES string of the molecule is COc1ccccc1C(=O)N1CCc2nc(NC(=O)c3cccs3)sc2C1. The first-order valence-corrected chi connectivity index (χ1v) is 10.1. The van der Waals surface area contributed by atoms with E-state index in [2.05, 4.69) is 10.3 Å². The van der Waals surface area contributed by atoms with Crippen molar-refractivity contribution in [2.75, 3.05) is 19.0 Å². The summed E-state index contributed by atoms with van der Waals surface area (Å²) in [5.41, 5.74) is 1.50. The van der Waals surface area contributed by atoms with E-state index in [1.807, 2.05) is 23.6 Å². The quantitative estimate of drug-likeness (QED) is 0.727. The largest absolute Gasteiger partial charge is 0.496 e. The van der Waals surface area contributed by atoms with Crippen LogP contribution in [0.25, 0.3) is 0 Å². The van der Waals surface area contributed by atoms with Gasteiger partial charge in [0.1, 0.15) is 5.75 Å². The summed E-state index contributed by atoms with van der Waals surface area (Å²) >= 11 is 2.81. The lowest BCUT2D eigenvalue weighted by atomic mass is 10.1. The van der Waals surface area contributed by atoms with Crippen LogP contribution in [-0.4, -0.2) is 35.4 Å². The van der Waals surface area contributed by atoms with E-state index in [9.17, 15) is 9.59 Å². The summed E-state index contributed by atoms with van der Waals surface area (Å²) in [7, 11) is 1.56. The zero-order valence-corrected chi connectivity index (χ0v) is 16.2. The van der Waals surface area contributed by atoms with Crippen molar-refractivity contribution in [3.05, 3.63) is 62.8 Å². The third kappa shape index (κ3) is 3.58. The number of nitrogens with zero attached hydrogens (tertiary/aromatic N) is 2. The second-order valence-corrected chi connectivity index (χ2v) is 8.03. The van der Waals surface area contributed by atoms with Crippen molar-refractivity contribution in [1.29, 1.82) is 0 Å². The minimum absolute atomic E-state index is 0.0596. The van der Waals surface area contributed by atoms with Gasteiger partial charge in [-0.3, -0.25) is 14.9 Å². The molecule has 4 rings (SSSR count). The molecule has 0 atom stereocenters. The van der Waals surface area contributed by atoms with Crippen molar-refractivity contribution in [2.24, 2.45) is 0 Å². The number of fused-ring (bicyclic) bond motifs is 1. The molecule has 1 aliphatic heterocycles. The highest BCUT2D eigenvalue weighted by Gasteiger charge is 2.26. The van der Waals surface area contributed by atoms with Gasteiger partial charge in [-0.15, -0.1) is 11.3 Å². The van der Waals surface area contributed by atoms with Gasteiger partial charge in [0.15, 0.2) is 5.13 Å². The van der Waals surface area contributed by atoms with E-state index in [0.29, 0.717) is 40.8 Å². The van der Waals surface area contributed by atoms with Gasteiger partial charge in [-0.2, -0.15) is 0 Å². The van der Waals surface area contributed by atoms with Gasteiger partial charge in [-0.05, 0) is 23.6 Å². The smallest absolute Gasteiger partial charge is 0.267 e. The Morgan fingerprint density at radius 3 is 2.85 bits per heavy atom. The molecule has 0 radical (unpaired) electrons. The molecule has 8 heteroatoms. The van der Waals surface area contributed by atoms with E-state index in [4.69, 9.17) is 4.74 Å². The van der Waals surface area contributed by atoms with Gasteiger partial charge < -0.3 is 9.64 Å². The van der Waals surface area contributed by atoms with Crippen LogP contribution in [0, 0.1) is 0 Å². The van der Waals surface area contributed by atoms with Crippen molar-refractivity contribution in [3.8, 4) is 5.75 Å². The third-order valence-corrected chi connectivity index (χ3v) is 6.19. The highest BCUT2D eigenvalue weighted by molar-refractivity contribution is 7.16. The number of benzene rings is 1. The summed E-state index contributed by atoms with van der Waals surface area (Å²) in [5.74, 6) is 0.357. The molecule has 3 aromatic rings. The number of thiophene rings is 1. The number of carbonyl (C=O) groups excluding carboxylic acids is 2. The average Bonchev–Trinajstić information content (AvgIpc) is 3.36. The lowest BCUT2D eigenvalue weighted by Crippen LogP contribution is -2.35. The summed E-state index contributed by atoms with van der Waals surface area (Å²) in [6.45, 7) is 1.07. The van der Waals surface area contributed by atoms with E-state index in [1.54, 1.807) is 30.2 Å². The molecule has 0 spiro atoms. The Bertz CT molecular complexity index is 982. The van der Waals surface area contributed by atoms with E-state index in [1.165, 1.54) is 22.7 Å². The molecule has 1 aromatic carbocycles. The van der Waals surface area contributed by atoms with Gasteiger partial charge in [0.25, 0.3) is 11.8 Å². The predicted molar refractivity (Wildman–Crippen MR) is 106 cm³/mol. The lowest BCUT2D eigenvalue weighted by molar-refractivity contribution is 0.0732. The van der Waals surface area contributed by atoms with Crippen LogP contribution in [0.4, 0.5) is 5.13 Å². The Hall–Kier alpha value is -2.71. The molecular formula is C19H17N3O3S2. The van der Waals surface area contributed by atoms with Crippen LogP contribution in [0.15, 0.2) is 41.8 Å². The van der Waals surface area contributed by atoms with Crippen LogP contribution >= 0.6 is 22.7 Å². The molecule has 1 N–H and O–H groups in total. The first-order chi connectivity index (χ1) is 13.2. The molecule has 3 heterocycles. The van der Waals surface area contributed by atoms with Gasteiger partial charge in [0.05, 0.1) is 29.8 Å². The number of para-hydroxylation sites is 1. The fourth-order valence-electron chi connectivity index (χ4n) is 2.98. The van der Waals surface area contributed by atoms with E-state index in [-0.39, 0.29) is 11.8 Å². The Kier molecular flexibility index (Phi) is 4.91. The topological polar surface area (TPSA) is 71.5 Å². The molecule has 1 aliphatic rings. The third-order valence-electron chi connectivity index (χ3n) is 4.32. The van der Waals surface area contributed by atoms with Gasteiger partial charge >= 0.3 is 0 Å². The second-order valence-electron chi connectivity index (χ2n) is 6.00. The Labute approximate surface area is 164 Å². The van der Waals surface area contributed by atoms with Crippen molar-refractivity contribution < 1.29 is 14.3 Å². The standard InChI is InChI=1S/C19H17N3O3S2/c1-25-14-6-3-2-5-12(14)18(24)22-9-8-13-16(11-22)27-19(20-13)21-17(23)15-7-4-10-26-15/h2-7,10H,8-9,11H2,1H3,(H,20,21,23). The number of rotatable bonds is 4. The molecule has 0 aliphatic carbocycles. The highest BCUT2D eigenvalue weighted by atomic mass is 32.1.